The third kappa shape index (κ3) is 2.98. The van der Waals surface area contributed by atoms with Gasteiger partial charge in [-0.3, -0.25) is 4.18 Å². The second-order valence-electron chi connectivity index (χ2n) is 4.90. The van der Waals surface area contributed by atoms with Gasteiger partial charge in [0.15, 0.2) is 0 Å². The molecule has 112 valence electrons. The highest BCUT2D eigenvalue weighted by molar-refractivity contribution is 7.87. The van der Waals surface area contributed by atoms with Crippen LogP contribution < -0.4 is 0 Å². The first-order valence-corrected chi connectivity index (χ1v) is 7.70. The van der Waals surface area contributed by atoms with Gasteiger partial charge in [0, 0.05) is 5.92 Å². The van der Waals surface area contributed by atoms with E-state index in [0.29, 0.717) is 6.42 Å². The van der Waals surface area contributed by atoms with Gasteiger partial charge in [-0.25, -0.2) is 0 Å². The molecule has 20 heavy (non-hydrogen) atoms. The lowest BCUT2D eigenvalue weighted by molar-refractivity contribution is -0.0577. The second kappa shape index (κ2) is 5.37. The van der Waals surface area contributed by atoms with Crippen LogP contribution in [0.25, 0.3) is 0 Å². The van der Waals surface area contributed by atoms with Crippen LogP contribution in [0.3, 0.4) is 0 Å². The maximum atomic E-state index is 12.3. The zero-order chi connectivity index (χ0) is 15.0. The SMILES string of the molecule is CC(OS(=O)(=O)C(F)(F)F)C1CCCc2ccccc21. The predicted molar refractivity (Wildman–Crippen MR) is 67.6 cm³/mol. The van der Waals surface area contributed by atoms with Crippen LogP contribution in [0.1, 0.15) is 36.8 Å². The summed E-state index contributed by atoms with van der Waals surface area (Å²) in [6.07, 6.45) is 1.24. The van der Waals surface area contributed by atoms with Crippen molar-refractivity contribution in [2.24, 2.45) is 0 Å². The summed E-state index contributed by atoms with van der Waals surface area (Å²) in [6, 6.07) is 7.38. The summed E-state index contributed by atoms with van der Waals surface area (Å²) in [5.74, 6) is -0.336. The Morgan fingerprint density at radius 1 is 1.30 bits per heavy atom. The van der Waals surface area contributed by atoms with Crippen molar-refractivity contribution in [1.82, 2.24) is 0 Å². The Morgan fingerprint density at radius 3 is 2.60 bits per heavy atom. The molecule has 0 saturated heterocycles. The molecule has 0 amide bonds. The van der Waals surface area contributed by atoms with E-state index in [9.17, 15) is 21.6 Å². The monoisotopic (exact) mass is 308 g/mol. The average molecular weight is 308 g/mol. The molecule has 2 rings (SSSR count). The fourth-order valence-corrected chi connectivity index (χ4v) is 3.24. The van der Waals surface area contributed by atoms with Crippen molar-refractivity contribution in [3.63, 3.8) is 0 Å². The van der Waals surface area contributed by atoms with Crippen LogP contribution in [0.4, 0.5) is 13.2 Å². The summed E-state index contributed by atoms with van der Waals surface area (Å²) < 4.78 is 63.5. The van der Waals surface area contributed by atoms with Gasteiger partial charge in [0.05, 0.1) is 6.10 Å². The smallest absolute Gasteiger partial charge is 0.259 e. The number of aryl methyl sites for hydroxylation is 1. The molecule has 0 aliphatic heterocycles. The minimum absolute atomic E-state index is 0.336. The lowest BCUT2D eigenvalue weighted by Gasteiger charge is -2.29. The molecule has 1 aromatic carbocycles. The van der Waals surface area contributed by atoms with Gasteiger partial charge in [-0.05, 0) is 37.3 Å². The van der Waals surface area contributed by atoms with E-state index in [1.165, 1.54) is 6.92 Å². The summed E-state index contributed by atoms with van der Waals surface area (Å²) in [5.41, 5.74) is -3.46. The molecule has 0 N–H and O–H groups in total. The van der Waals surface area contributed by atoms with Crippen molar-refractivity contribution in [2.75, 3.05) is 0 Å². The number of halogens is 3. The zero-order valence-corrected chi connectivity index (χ0v) is 11.7. The van der Waals surface area contributed by atoms with Gasteiger partial charge in [0.25, 0.3) is 0 Å². The van der Waals surface area contributed by atoms with Gasteiger partial charge in [0.2, 0.25) is 0 Å². The van der Waals surface area contributed by atoms with E-state index < -0.39 is 21.7 Å². The molecule has 1 aliphatic rings. The van der Waals surface area contributed by atoms with E-state index >= 15 is 0 Å². The van der Waals surface area contributed by atoms with Crippen LogP contribution in [0.15, 0.2) is 24.3 Å². The Labute approximate surface area is 115 Å². The van der Waals surface area contributed by atoms with Crippen LogP contribution >= 0.6 is 0 Å². The molecule has 0 saturated carbocycles. The third-order valence-corrected chi connectivity index (χ3v) is 4.67. The molecular weight excluding hydrogens is 293 g/mol. The molecule has 3 nitrogen and oxygen atoms in total. The maximum absolute atomic E-state index is 12.3. The van der Waals surface area contributed by atoms with Crippen molar-refractivity contribution >= 4 is 10.1 Å². The van der Waals surface area contributed by atoms with Crippen LogP contribution in [-0.4, -0.2) is 20.0 Å². The van der Waals surface area contributed by atoms with Crippen molar-refractivity contribution < 1.29 is 25.8 Å². The Morgan fingerprint density at radius 2 is 1.95 bits per heavy atom. The molecule has 1 aliphatic carbocycles. The van der Waals surface area contributed by atoms with E-state index in [1.807, 2.05) is 18.2 Å². The van der Waals surface area contributed by atoms with Crippen LogP contribution in [-0.2, 0) is 20.7 Å². The summed E-state index contributed by atoms with van der Waals surface area (Å²) in [4.78, 5) is 0. The van der Waals surface area contributed by atoms with E-state index in [2.05, 4.69) is 4.18 Å². The summed E-state index contributed by atoms with van der Waals surface area (Å²) in [6.45, 7) is 1.37. The Kier molecular flexibility index (Phi) is 4.11. The van der Waals surface area contributed by atoms with Crippen molar-refractivity contribution in [1.29, 1.82) is 0 Å². The number of alkyl halides is 3. The molecule has 0 spiro atoms. The first-order valence-electron chi connectivity index (χ1n) is 6.30. The fraction of sp³-hybridized carbons (Fsp3) is 0.538. The lowest BCUT2D eigenvalue weighted by Crippen LogP contribution is -2.32. The number of benzene rings is 1. The molecule has 0 fully saturated rings. The first kappa shape index (κ1) is 15.3. The topological polar surface area (TPSA) is 43.4 Å². The minimum Gasteiger partial charge on any atom is -0.259 e. The third-order valence-electron chi connectivity index (χ3n) is 3.54. The molecule has 7 heteroatoms. The highest BCUT2D eigenvalue weighted by Gasteiger charge is 2.49. The number of fused-ring (bicyclic) bond motifs is 1. The quantitative estimate of drug-likeness (QED) is 0.635. The molecular formula is C13H15F3O3S. The normalized spacial score (nSPS) is 21.3. The predicted octanol–water partition coefficient (Wildman–Crippen LogP) is 3.36. The Balaban J connectivity index is 2.22. The van der Waals surface area contributed by atoms with Gasteiger partial charge in [-0.15, -0.1) is 0 Å². The maximum Gasteiger partial charge on any atom is 0.523 e. The standard InChI is InChI=1S/C13H15F3O3S/c1-9(19-20(17,18)13(14,15)16)11-8-4-6-10-5-2-3-7-12(10)11/h2-3,5,7,9,11H,4,6,8H2,1H3. The van der Waals surface area contributed by atoms with Crippen LogP contribution in [0.2, 0.25) is 0 Å². The highest BCUT2D eigenvalue weighted by Crippen LogP contribution is 2.37. The first-order chi connectivity index (χ1) is 9.22. The minimum atomic E-state index is -5.55. The van der Waals surface area contributed by atoms with E-state index in [1.54, 1.807) is 6.07 Å². The molecule has 0 bridgehead atoms. The molecule has 2 atom stereocenters. The van der Waals surface area contributed by atoms with Crippen molar-refractivity contribution in [3.8, 4) is 0 Å². The molecule has 2 unspecified atom stereocenters. The van der Waals surface area contributed by atoms with Crippen LogP contribution in [0.5, 0.6) is 0 Å². The van der Waals surface area contributed by atoms with Crippen molar-refractivity contribution in [3.05, 3.63) is 35.4 Å². The highest BCUT2D eigenvalue weighted by atomic mass is 32.2. The summed E-state index contributed by atoms with van der Waals surface area (Å²) in [5, 5.41) is 0. The van der Waals surface area contributed by atoms with Gasteiger partial charge in [-0.2, -0.15) is 21.6 Å². The molecule has 0 aromatic heterocycles. The van der Waals surface area contributed by atoms with E-state index in [4.69, 9.17) is 0 Å². The number of rotatable bonds is 3. The summed E-state index contributed by atoms with van der Waals surface area (Å²) in [7, 11) is -5.55. The second-order valence-corrected chi connectivity index (χ2v) is 6.46. The molecule has 0 radical (unpaired) electrons. The Hall–Kier alpha value is -1.08. The fourth-order valence-electron chi connectivity index (χ4n) is 2.60. The van der Waals surface area contributed by atoms with Crippen molar-refractivity contribution in [2.45, 2.75) is 43.7 Å². The average Bonchev–Trinajstić information content (AvgIpc) is 2.36. The van der Waals surface area contributed by atoms with Crippen LogP contribution in [0, 0.1) is 0 Å². The lowest BCUT2D eigenvalue weighted by atomic mass is 9.80. The zero-order valence-electron chi connectivity index (χ0n) is 10.9. The number of hydrogen-bond acceptors (Lipinski definition) is 3. The Bertz CT molecular complexity index is 581. The largest absolute Gasteiger partial charge is 0.523 e. The molecule has 0 heterocycles. The summed E-state index contributed by atoms with van der Waals surface area (Å²) >= 11 is 0. The van der Waals surface area contributed by atoms with Gasteiger partial charge in [0.1, 0.15) is 0 Å². The van der Waals surface area contributed by atoms with E-state index in [-0.39, 0.29) is 5.92 Å². The van der Waals surface area contributed by atoms with Gasteiger partial charge < -0.3 is 0 Å². The van der Waals surface area contributed by atoms with E-state index in [0.717, 1.165) is 24.0 Å². The number of hydrogen-bond donors (Lipinski definition) is 0. The van der Waals surface area contributed by atoms with Gasteiger partial charge in [-0.1, -0.05) is 24.3 Å². The molecule has 1 aromatic rings. The van der Waals surface area contributed by atoms with Gasteiger partial charge >= 0.3 is 15.6 Å².